The minimum absolute atomic E-state index is 0.363. The van der Waals surface area contributed by atoms with Crippen molar-refractivity contribution in [2.45, 2.75) is 12.5 Å². The van der Waals surface area contributed by atoms with Crippen LogP contribution in [0.1, 0.15) is 0 Å². The van der Waals surface area contributed by atoms with E-state index in [0.717, 1.165) is 6.42 Å². The average molecular weight is 169 g/mol. The molecule has 0 aromatic carbocycles. The Kier molecular flexibility index (Phi) is 2.03. The van der Waals surface area contributed by atoms with Gasteiger partial charge in [-0.25, -0.2) is 0 Å². The summed E-state index contributed by atoms with van der Waals surface area (Å²) in [6.45, 7) is -0.363. The third kappa shape index (κ3) is 2.75. The summed E-state index contributed by atoms with van der Waals surface area (Å²) in [5.74, 6) is -0.778. The molecule has 63 valence electrons. The van der Waals surface area contributed by atoms with E-state index in [1.54, 1.807) is 0 Å². The number of cyclic esters (lactones) is 1. The van der Waals surface area contributed by atoms with Crippen LogP contribution in [0.4, 0.5) is 13.2 Å². The summed E-state index contributed by atoms with van der Waals surface area (Å²) in [5, 5.41) is 0. The summed E-state index contributed by atoms with van der Waals surface area (Å²) in [6, 6.07) is 0. The molecule has 1 heterocycles. The van der Waals surface area contributed by atoms with E-state index in [2.05, 4.69) is 9.47 Å². The lowest BCUT2D eigenvalue weighted by atomic mass is 10.3. The van der Waals surface area contributed by atoms with Gasteiger partial charge in [0.1, 0.15) is 19.1 Å². The third-order valence-corrected chi connectivity index (χ3v) is 0.997. The van der Waals surface area contributed by atoms with Gasteiger partial charge in [0.2, 0.25) is 0 Å². The highest BCUT2D eigenvalue weighted by Gasteiger charge is 2.37. The molecule has 11 heavy (non-hydrogen) atoms. The van der Waals surface area contributed by atoms with Gasteiger partial charge in [0.15, 0.2) is 0 Å². The Balaban J connectivity index is 2.34. The van der Waals surface area contributed by atoms with Gasteiger partial charge in [-0.1, -0.05) is 0 Å². The molecule has 0 N–H and O–H groups in total. The number of esters is 1. The van der Waals surface area contributed by atoms with Gasteiger partial charge >= 0.3 is 12.3 Å². The maximum absolute atomic E-state index is 11.4. The lowest BCUT2D eigenvalue weighted by Gasteiger charge is -2.09. The van der Waals surface area contributed by atoms with Crippen LogP contribution < -0.4 is 0 Å². The fraction of sp³-hybridized carbons (Fsp3) is 0.600. The quantitative estimate of drug-likeness (QED) is 0.540. The highest BCUT2D eigenvalue weighted by atomic mass is 19.4. The Morgan fingerprint density at radius 1 is 1.64 bits per heavy atom. The zero-order valence-electron chi connectivity index (χ0n) is 5.22. The van der Waals surface area contributed by atoms with Crippen molar-refractivity contribution >= 4 is 5.97 Å². The monoisotopic (exact) mass is 169 g/mol. The zero-order chi connectivity index (χ0) is 8.48. The molecule has 3 nitrogen and oxygen atoms in total. The van der Waals surface area contributed by atoms with E-state index in [1.807, 2.05) is 0 Å². The van der Waals surface area contributed by atoms with Crippen LogP contribution in [0.2, 0.25) is 0 Å². The van der Waals surface area contributed by atoms with Gasteiger partial charge in [-0.2, -0.15) is 0 Å². The predicted molar refractivity (Wildman–Crippen MR) is 26.2 cm³/mol. The Bertz CT molecular complexity index is 165. The first-order valence-electron chi connectivity index (χ1n) is 2.73. The summed E-state index contributed by atoms with van der Waals surface area (Å²) < 4.78 is 41.9. The topological polar surface area (TPSA) is 35.5 Å². The predicted octanol–water partition coefficient (Wildman–Crippen LogP) is 0.652. The molecule has 6 heteroatoms. The minimum atomic E-state index is -4.71. The fourth-order valence-corrected chi connectivity index (χ4v) is 0.652. The van der Waals surface area contributed by atoms with Gasteiger partial charge < -0.3 is 4.74 Å². The number of rotatable bonds is 1. The van der Waals surface area contributed by atoms with Crippen LogP contribution in [-0.2, 0) is 14.3 Å². The Labute approximate surface area is 60.1 Å². The Morgan fingerprint density at radius 3 is 2.64 bits per heavy atom. The normalized spacial score (nSPS) is 25.4. The molecule has 0 spiro atoms. The Hall–Kier alpha value is -0.780. The summed E-state index contributed by atoms with van der Waals surface area (Å²) in [4.78, 5) is 10.2. The third-order valence-electron chi connectivity index (χ3n) is 0.997. The molecule has 0 aliphatic carbocycles. The maximum atomic E-state index is 11.4. The van der Waals surface area contributed by atoms with Gasteiger partial charge in [0.25, 0.3) is 0 Å². The van der Waals surface area contributed by atoms with E-state index in [-0.39, 0.29) is 6.61 Å². The van der Waals surface area contributed by atoms with E-state index >= 15 is 0 Å². The number of ether oxygens (including phenoxy) is 2. The second-order valence-corrected chi connectivity index (χ2v) is 1.90. The molecular formula is C5H4F3O3. The smallest absolute Gasteiger partial charge is 0.463 e. The number of carbonyl (C=O) groups excluding carboxylic acids is 1. The van der Waals surface area contributed by atoms with Crippen LogP contribution in [0, 0.1) is 6.42 Å². The molecule has 1 aliphatic heterocycles. The van der Waals surface area contributed by atoms with Crippen molar-refractivity contribution in [3.63, 3.8) is 0 Å². The lowest BCUT2D eigenvalue weighted by molar-refractivity contribution is -0.337. The van der Waals surface area contributed by atoms with Crippen molar-refractivity contribution < 1.29 is 27.4 Å². The molecule has 1 saturated heterocycles. The number of hydrogen-bond acceptors (Lipinski definition) is 3. The molecular weight excluding hydrogens is 165 g/mol. The number of hydrogen-bond donors (Lipinski definition) is 0. The van der Waals surface area contributed by atoms with Crippen LogP contribution in [0.5, 0.6) is 0 Å². The molecule has 1 radical (unpaired) electrons. The highest BCUT2D eigenvalue weighted by molar-refractivity contribution is 5.81. The first-order chi connectivity index (χ1) is 4.97. The van der Waals surface area contributed by atoms with Gasteiger partial charge in [-0.3, -0.25) is 9.53 Å². The van der Waals surface area contributed by atoms with E-state index < -0.39 is 18.4 Å². The number of alkyl halides is 3. The Morgan fingerprint density at radius 2 is 2.27 bits per heavy atom. The molecule has 0 bridgehead atoms. The number of halogens is 3. The van der Waals surface area contributed by atoms with Crippen LogP contribution in [0.15, 0.2) is 0 Å². The molecule has 1 atom stereocenters. The second-order valence-electron chi connectivity index (χ2n) is 1.90. The van der Waals surface area contributed by atoms with E-state index in [1.165, 1.54) is 0 Å². The molecule has 0 saturated carbocycles. The van der Waals surface area contributed by atoms with Crippen LogP contribution in [-0.4, -0.2) is 25.0 Å². The van der Waals surface area contributed by atoms with Crippen LogP contribution in [0.3, 0.4) is 0 Å². The summed E-state index contributed by atoms with van der Waals surface area (Å²) in [6.07, 6.45) is -5.26. The number of carbonyl (C=O) groups is 1. The zero-order valence-corrected chi connectivity index (χ0v) is 5.22. The summed E-state index contributed by atoms with van der Waals surface area (Å²) in [5.41, 5.74) is 0. The van der Waals surface area contributed by atoms with Gasteiger partial charge in [0.05, 0.1) is 0 Å². The molecule has 1 unspecified atom stereocenters. The molecule has 1 rings (SSSR count). The van der Waals surface area contributed by atoms with Crippen LogP contribution in [0.25, 0.3) is 0 Å². The SMILES string of the molecule is O=C1[CH]C(OC(F)(F)F)CO1. The standard InChI is InChI=1S/C5H4F3O3/c6-5(7,8)11-3-1-4(9)10-2-3/h1,3H,2H2. The molecule has 1 fully saturated rings. The average Bonchev–Trinajstić information content (AvgIpc) is 2.10. The van der Waals surface area contributed by atoms with E-state index in [0.29, 0.717) is 0 Å². The first kappa shape index (κ1) is 8.32. The fourth-order valence-electron chi connectivity index (χ4n) is 0.652. The molecule has 0 amide bonds. The van der Waals surface area contributed by atoms with Gasteiger partial charge in [-0.05, 0) is 0 Å². The largest absolute Gasteiger partial charge is 0.522 e. The lowest BCUT2D eigenvalue weighted by Crippen LogP contribution is -2.24. The van der Waals surface area contributed by atoms with Crippen molar-refractivity contribution in [2.24, 2.45) is 0 Å². The van der Waals surface area contributed by atoms with E-state index in [4.69, 9.17) is 0 Å². The van der Waals surface area contributed by atoms with Crippen molar-refractivity contribution in [2.75, 3.05) is 6.61 Å². The highest BCUT2D eigenvalue weighted by Crippen LogP contribution is 2.22. The van der Waals surface area contributed by atoms with Crippen LogP contribution >= 0.6 is 0 Å². The van der Waals surface area contributed by atoms with Crippen molar-refractivity contribution in [1.82, 2.24) is 0 Å². The van der Waals surface area contributed by atoms with E-state index in [9.17, 15) is 18.0 Å². The molecule has 1 aliphatic rings. The summed E-state index contributed by atoms with van der Waals surface area (Å²) >= 11 is 0. The minimum Gasteiger partial charge on any atom is -0.463 e. The van der Waals surface area contributed by atoms with Crippen molar-refractivity contribution in [3.05, 3.63) is 6.42 Å². The van der Waals surface area contributed by atoms with Gasteiger partial charge in [-0.15, -0.1) is 13.2 Å². The molecule has 0 aromatic rings. The summed E-state index contributed by atoms with van der Waals surface area (Å²) in [7, 11) is 0. The first-order valence-corrected chi connectivity index (χ1v) is 2.73. The molecule has 0 aromatic heterocycles. The van der Waals surface area contributed by atoms with Crippen molar-refractivity contribution in [3.8, 4) is 0 Å². The maximum Gasteiger partial charge on any atom is 0.522 e. The van der Waals surface area contributed by atoms with Gasteiger partial charge in [0, 0.05) is 0 Å². The second kappa shape index (κ2) is 2.69. The van der Waals surface area contributed by atoms with Crippen molar-refractivity contribution in [1.29, 1.82) is 0 Å².